The molecule has 1 saturated heterocycles. The van der Waals surface area contributed by atoms with Gasteiger partial charge in [-0.3, -0.25) is 0 Å². The van der Waals surface area contributed by atoms with Gasteiger partial charge in [0.05, 0.1) is 17.0 Å². The molecule has 19 heavy (non-hydrogen) atoms. The molecule has 0 aromatic carbocycles. The molecule has 0 aliphatic carbocycles. The molecule has 1 aromatic heterocycles. The van der Waals surface area contributed by atoms with Crippen molar-refractivity contribution in [2.75, 3.05) is 33.4 Å². The van der Waals surface area contributed by atoms with Crippen molar-refractivity contribution in [1.82, 2.24) is 10.2 Å². The lowest BCUT2D eigenvalue weighted by Gasteiger charge is -2.24. The van der Waals surface area contributed by atoms with Gasteiger partial charge in [-0.1, -0.05) is 6.92 Å². The van der Waals surface area contributed by atoms with Crippen LogP contribution in [0.25, 0.3) is 0 Å². The van der Waals surface area contributed by atoms with Crippen LogP contribution < -0.4 is 5.32 Å². The van der Waals surface area contributed by atoms with E-state index >= 15 is 0 Å². The highest BCUT2D eigenvalue weighted by molar-refractivity contribution is 9.11. The molecule has 0 radical (unpaired) electrons. The lowest BCUT2D eigenvalue weighted by Crippen LogP contribution is -2.40. The fraction of sp³-hybridized carbons (Fsp3) is 0.714. The molecule has 1 aliphatic heterocycles. The minimum Gasteiger partial charge on any atom is -0.379 e. The summed E-state index contributed by atoms with van der Waals surface area (Å²) in [6.45, 7) is 7.15. The van der Waals surface area contributed by atoms with Crippen LogP contribution in [0, 0.1) is 5.92 Å². The molecule has 2 rings (SSSR count). The number of halogens is 1. The molecule has 3 nitrogen and oxygen atoms in total. The smallest absolute Gasteiger partial charge is 0.0701 e. The van der Waals surface area contributed by atoms with Crippen LogP contribution in [0.5, 0.6) is 0 Å². The van der Waals surface area contributed by atoms with Gasteiger partial charge in [-0.2, -0.15) is 0 Å². The summed E-state index contributed by atoms with van der Waals surface area (Å²) in [6, 6.07) is 2.73. The van der Waals surface area contributed by atoms with Crippen molar-refractivity contribution in [1.29, 1.82) is 0 Å². The highest BCUT2D eigenvalue weighted by atomic mass is 79.9. The molecule has 1 aliphatic rings. The average Bonchev–Trinajstić information content (AvgIpc) is 2.96. The van der Waals surface area contributed by atoms with E-state index in [1.807, 2.05) is 0 Å². The van der Waals surface area contributed by atoms with Crippen molar-refractivity contribution in [2.45, 2.75) is 25.9 Å². The topological polar surface area (TPSA) is 24.5 Å². The molecule has 2 heterocycles. The molecule has 2 atom stereocenters. The maximum absolute atomic E-state index is 5.63. The number of hydrogen-bond donors (Lipinski definition) is 1. The van der Waals surface area contributed by atoms with Crippen molar-refractivity contribution >= 4 is 27.3 Å². The van der Waals surface area contributed by atoms with Gasteiger partial charge >= 0.3 is 0 Å². The lowest BCUT2D eigenvalue weighted by atomic mass is 10.0. The minimum atomic E-state index is 0.525. The molecule has 2 unspecified atom stereocenters. The van der Waals surface area contributed by atoms with Gasteiger partial charge in [0.2, 0.25) is 0 Å². The third-order valence-corrected chi connectivity index (χ3v) is 5.03. The van der Waals surface area contributed by atoms with Crippen LogP contribution in [0.3, 0.4) is 0 Å². The van der Waals surface area contributed by atoms with Crippen LogP contribution in [-0.2, 0) is 11.3 Å². The molecule has 5 heteroatoms. The molecule has 1 fully saturated rings. The quantitative estimate of drug-likeness (QED) is 0.821. The number of thiophene rings is 1. The van der Waals surface area contributed by atoms with Crippen molar-refractivity contribution in [2.24, 2.45) is 5.92 Å². The Bertz CT molecular complexity index is 385. The largest absolute Gasteiger partial charge is 0.379 e. The van der Waals surface area contributed by atoms with Crippen molar-refractivity contribution in [3.8, 4) is 0 Å². The molecule has 108 valence electrons. The van der Waals surface area contributed by atoms with E-state index in [1.165, 1.54) is 15.8 Å². The Morgan fingerprint density at radius 1 is 1.53 bits per heavy atom. The number of hydrogen-bond acceptors (Lipinski definition) is 4. The van der Waals surface area contributed by atoms with E-state index in [2.05, 4.69) is 51.6 Å². The molecule has 1 N–H and O–H groups in total. The van der Waals surface area contributed by atoms with Crippen LogP contribution in [-0.4, -0.2) is 44.3 Å². The first kappa shape index (κ1) is 15.4. The van der Waals surface area contributed by atoms with Gasteiger partial charge in [0.1, 0.15) is 0 Å². The van der Waals surface area contributed by atoms with Gasteiger partial charge in [0.25, 0.3) is 0 Å². The second-order valence-corrected chi connectivity index (χ2v) is 7.60. The van der Waals surface area contributed by atoms with E-state index in [4.69, 9.17) is 4.74 Å². The summed E-state index contributed by atoms with van der Waals surface area (Å²) in [4.78, 5) is 2.40. The Labute approximate surface area is 128 Å². The zero-order valence-corrected chi connectivity index (χ0v) is 14.1. The zero-order valence-electron chi connectivity index (χ0n) is 11.7. The predicted molar refractivity (Wildman–Crippen MR) is 84.7 cm³/mol. The Kier molecular flexibility index (Phi) is 6.29. The molecular weight excluding hydrogens is 324 g/mol. The molecule has 0 saturated carbocycles. The summed E-state index contributed by atoms with van der Waals surface area (Å²) in [6.07, 6.45) is 1.18. The number of rotatable bonds is 7. The molecule has 0 spiro atoms. The Morgan fingerprint density at radius 2 is 2.37 bits per heavy atom. The van der Waals surface area contributed by atoms with Gasteiger partial charge in [0, 0.05) is 25.0 Å². The maximum Gasteiger partial charge on any atom is 0.0701 e. The van der Waals surface area contributed by atoms with Gasteiger partial charge in [0.15, 0.2) is 0 Å². The standard InChI is InChI=1S/C14H23BrN2OS/c1-3-4-16-13-9-18-8-12(13)7-17(2)6-11-5-14(15)19-10-11/h5,10,12-13,16H,3-4,6-9H2,1-2H3. The third kappa shape index (κ3) is 4.83. The van der Waals surface area contributed by atoms with Crippen molar-refractivity contribution < 1.29 is 4.74 Å². The van der Waals surface area contributed by atoms with Crippen LogP contribution in [0.4, 0.5) is 0 Å². The van der Waals surface area contributed by atoms with Crippen LogP contribution in [0.15, 0.2) is 15.2 Å². The van der Waals surface area contributed by atoms with E-state index in [1.54, 1.807) is 11.3 Å². The van der Waals surface area contributed by atoms with Crippen molar-refractivity contribution in [3.05, 3.63) is 20.8 Å². The van der Waals surface area contributed by atoms with Gasteiger partial charge in [-0.05, 0) is 53.0 Å². The Balaban J connectivity index is 1.79. The first-order valence-electron chi connectivity index (χ1n) is 6.91. The normalized spacial score (nSPS) is 23.4. The van der Waals surface area contributed by atoms with Crippen LogP contribution in [0.2, 0.25) is 0 Å². The monoisotopic (exact) mass is 346 g/mol. The van der Waals surface area contributed by atoms with E-state index in [9.17, 15) is 0 Å². The highest BCUT2D eigenvalue weighted by Crippen LogP contribution is 2.22. The molecular formula is C14H23BrN2OS. The fourth-order valence-electron chi connectivity index (χ4n) is 2.54. The Morgan fingerprint density at radius 3 is 3.05 bits per heavy atom. The first-order valence-corrected chi connectivity index (χ1v) is 8.59. The minimum absolute atomic E-state index is 0.525. The summed E-state index contributed by atoms with van der Waals surface area (Å²) in [7, 11) is 2.20. The molecule has 0 bridgehead atoms. The second kappa shape index (κ2) is 7.74. The summed E-state index contributed by atoms with van der Waals surface area (Å²) < 4.78 is 6.84. The summed E-state index contributed by atoms with van der Waals surface area (Å²) in [5.41, 5.74) is 1.39. The van der Waals surface area contributed by atoms with Crippen molar-refractivity contribution in [3.63, 3.8) is 0 Å². The van der Waals surface area contributed by atoms with Gasteiger partial charge in [-0.25, -0.2) is 0 Å². The number of nitrogens with zero attached hydrogens (tertiary/aromatic N) is 1. The second-order valence-electron chi connectivity index (χ2n) is 5.31. The summed E-state index contributed by atoms with van der Waals surface area (Å²) in [5, 5.41) is 5.82. The van der Waals surface area contributed by atoms with Crippen LogP contribution in [0.1, 0.15) is 18.9 Å². The Hall–Kier alpha value is 0.0600. The summed E-state index contributed by atoms with van der Waals surface area (Å²) in [5.74, 6) is 0.610. The maximum atomic E-state index is 5.63. The number of ether oxygens (including phenoxy) is 1. The first-order chi connectivity index (χ1) is 9.19. The zero-order chi connectivity index (χ0) is 13.7. The fourth-order valence-corrected chi connectivity index (χ4v) is 3.74. The molecule has 1 aromatic rings. The SMILES string of the molecule is CCCNC1COCC1CN(C)Cc1csc(Br)c1. The predicted octanol–water partition coefficient (Wildman–Crippen LogP) is 2.96. The average molecular weight is 347 g/mol. The highest BCUT2D eigenvalue weighted by Gasteiger charge is 2.28. The number of nitrogens with one attached hydrogen (secondary N) is 1. The lowest BCUT2D eigenvalue weighted by molar-refractivity contribution is 0.172. The van der Waals surface area contributed by atoms with Crippen LogP contribution >= 0.6 is 27.3 Å². The summed E-state index contributed by atoms with van der Waals surface area (Å²) >= 11 is 5.27. The van der Waals surface area contributed by atoms with E-state index in [0.29, 0.717) is 12.0 Å². The van der Waals surface area contributed by atoms with E-state index in [0.717, 1.165) is 32.8 Å². The van der Waals surface area contributed by atoms with Gasteiger partial charge < -0.3 is 15.0 Å². The molecule has 0 amide bonds. The van der Waals surface area contributed by atoms with Gasteiger partial charge in [-0.15, -0.1) is 11.3 Å². The third-order valence-electron chi connectivity index (χ3n) is 3.48. The van der Waals surface area contributed by atoms with E-state index < -0.39 is 0 Å². The van der Waals surface area contributed by atoms with E-state index in [-0.39, 0.29) is 0 Å².